The van der Waals surface area contributed by atoms with Crippen molar-refractivity contribution in [2.75, 3.05) is 17.7 Å². The minimum absolute atomic E-state index is 0.461. The third kappa shape index (κ3) is 3.51. The van der Waals surface area contributed by atoms with Crippen molar-refractivity contribution in [1.29, 1.82) is 0 Å². The van der Waals surface area contributed by atoms with E-state index in [4.69, 9.17) is 28.6 Å². The van der Waals surface area contributed by atoms with E-state index in [1.54, 1.807) is 25.3 Å². The van der Waals surface area contributed by atoms with Crippen LogP contribution in [0.1, 0.15) is 18.3 Å². The van der Waals surface area contributed by atoms with Crippen molar-refractivity contribution in [3.8, 4) is 5.75 Å². The number of thiocarbonyl (C=S) groups is 1. The number of benzene rings is 1. The van der Waals surface area contributed by atoms with Gasteiger partial charge in [0.1, 0.15) is 5.75 Å². The van der Waals surface area contributed by atoms with Gasteiger partial charge in [0, 0.05) is 11.6 Å². The lowest BCUT2D eigenvalue weighted by Gasteiger charge is -2.14. The SMILES string of the molecule is CCn1nc(C)c(NC(=S)Nc2cc(Cl)ccc2OC)c1C. The monoisotopic (exact) mass is 338 g/mol. The van der Waals surface area contributed by atoms with Crippen molar-refractivity contribution in [2.45, 2.75) is 27.3 Å². The number of anilines is 2. The Morgan fingerprint density at radius 1 is 1.36 bits per heavy atom. The predicted molar refractivity (Wildman–Crippen MR) is 95.2 cm³/mol. The van der Waals surface area contributed by atoms with E-state index in [9.17, 15) is 0 Å². The maximum absolute atomic E-state index is 6.02. The molecule has 0 saturated heterocycles. The second-order valence-corrected chi connectivity index (χ2v) is 5.63. The Hall–Kier alpha value is -1.79. The Bertz CT molecular complexity index is 699. The largest absolute Gasteiger partial charge is 0.495 e. The van der Waals surface area contributed by atoms with E-state index in [0.29, 0.717) is 21.6 Å². The number of nitrogens with zero attached hydrogens (tertiary/aromatic N) is 2. The first-order chi connectivity index (χ1) is 10.5. The van der Waals surface area contributed by atoms with Gasteiger partial charge in [-0.25, -0.2) is 0 Å². The van der Waals surface area contributed by atoms with Gasteiger partial charge in [0.05, 0.1) is 29.9 Å². The summed E-state index contributed by atoms with van der Waals surface area (Å²) >= 11 is 11.4. The summed E-state index contributed by atoms with van der Waals surface area (Å²) in [5.41, 5.74) is 3.58. The Balaban J connectivity index is 2.17. The smallest absolute Gasteiger partial charge is 0.175 e. The molecule has 0 amide bonds. The second kappa shape index (κ2) is 6.98. The molecule has 118 valence electrons. The molecule has 0 fully saturated rings. The molecular formula is C15H19ClN4OS. The average Bonchev–Trinajstić information content (AvgIpc) is 2.75. The van der Waals surface area contributed by atoms with E-state index in [1.807, 2.05) is 18.5 Å². The molecule has 0 aliphatic rings. The molecule has 2 rings (SSSR count). The number of hydrogen-bond acceptors (Lipinski definition) is 3. The van der Waals surface area contributed by atoms with Crippen LogP contribution in [0.5, 0.6) is 5.75 Å². The van der Waals surface area contributed by atoms with Gasteiger partial charge < -0.3 is 15.4 Å². The highest BCUT2D eigenvalue weighted by Crippen LogP contribution is 2.28. The van der Waals surface area contributed by atoms with Crippen LogP contribution in [-0.4, -0.2) is 22.0 Å². The number of halogens is 1. The van der Waals surface area contributed by atoms with Crippen molar-refractivity contribution in [3.05, 3.63) is 34.6 Å². The molecule has 0 unspecified atom stereocenters. The number of nitrogens with one attached hydrogen (secondary N) is 2. The molecule has 0 saturated carbocycles. The summed E-state index contributed by atoms with van der Waals surface area (Å²) in [6, 6.07) is 5.32. The lowest BCUT2D eigenvalue weighted by Crippen LogP contribution is -2.20. The van der Waals surface area contributed by atoms with Gasteiger partial charge in [0.2, 0.25) is 0 Å². The second-order valence-electron chi connectivity index (χ2n) is 4.79. The molecule has 0 atom stereocenters. The molecule has 0 bridgehead atoms. The molecule has 2 N–H and O–H groups in total. The Kier molecular flexibility index (Phi) is 5.26. The van der Waals surface area contributed by atoms with Crippen molar-refractivity contribution >= 4 is 40.3 Å². The number of methoxy groups -OCH3 is 1. The highest BCUT2D eigenvalue weighted by Gasteiger charge is 2.13. The lowest BCUT2D eigenvalue weighted by atomic mass is 10.3. The zero-order valence-electron chi connectivity index (χ0n) is 13.0. The Morgan fingerprint density at radius 3 is 2.68 bits per heavy atom. The Labute approximate surface area is 140 Å². The van der Waals surface area contributed by atoms with Gasteiger partial charge in [-0.15, -0.1) is 0 Å². The third-order valence-corrected chi connectivity index (χ3v) is 3.77. The van der Waals surface area contributed by atoms with Gasteiger partial charge in [-0.1, -0.05) is 11.6 Å². The van der Waals surface area contributed by atoms with Gasteiger partial charge >= 0.3 is 0 Å². The molecule has 0 spiro atoms. The topological polar surface area (TPSA) is 51.1 Å². The fraction of sp³-hybridized carbons (Fsp3) is 0.333. The molecule has 1 aromatic heterocycles. The zero-order chi connectivity index (χ0) is 16.3. The number of aryl methyl sites for hydroxylation is 2. The van der Waals surface area contributed by atoms with Crippen LogP contribution in [0.2, 0.25) is 5.02 Å². The first-order valence-electron chi connectivity index (χ1n) is 6.91. The van der Waals surface area contributed by atoms with E-state index >= 15 is 0 Å². The molecule has 7 heteroatoms. The molecule has 2 aromatic rings. The summed E-state index contributed by atoms with van der Waals surface area (Å²) < 4.78 is 7.23. The molecule has 22 heavy (non-hydrogen) atoms. The maximum atomic E-state index is 6.02. The summed E-state index contributed by atoms with van der Waals surface area (Å²) in [5, 5.41) is 11.8. The van der Waals surface area contributed by atoms with Crippen molar-refractivity contribution < 1.29 is 4.74 Å². The molecule has 1 aromatic carbocycles. The quantitative estimate of drug-likeness (QED) is 0.825. The van der Waals surface area contributed by atoms with Gasteiger partial charge in [0.25, 0.3) is 0 Å². The molecular weight excluding hydrogens is 320 g/mol. The van der Waals surface area contributed by atoms with E-state index < -0.39 is 0 Å². The first kappa shape index (κ1) is 16.6. The van der Waals surface area contributed by atoms with Crippen molar-refractivity contribution in [2.24, 2.45) is 0 Å². The number of ether oxygens (including phenoxy) is 1. The normalized spacial score (nSPS) is 10.4. The van der Waals surface area contributed by atoms with Crippen LogP contribution >= 0.6 is 23.8 Å². The number of rotatable bonds is 4. The molecule has 1 heterocycles. The fourth-order valence-electron chi connectivity index (χ4n) is 2.23. The van der Waals surface area contributed by atoms with Gasteiger partial charge in [-0.05, 0) is 51.2 Å². The van der Waals surface area contributed by atoms with E-state index in [1.165, 1.54) is 0 Å². The molecule has 0 aliphatic carbocycles. The molecule has 0 aliphatic heterocycles. The molecule has 0 radical (unpaired) electrons. The van der Waals surface area contributed by atoms with Gasteiger partial charge in [-0.3, -0.25) is 4.68 Å². The first-order valence-corrected chi connectivity index (χ1v) is 7.70. The predicted octanol–water partition coefficient (Wildman–Crippen LogP) is 3.99. The van der Waals surface area contributed by atoms with Crippen LogP contribution in [0.15, 0.2) is 18.2 Å². The number of hydrogen-bond donors (Lipinski definition) is 2. The van der Waals surface area contributed by atoms with Crippen LogP contribution in [0.25, 0.3) is 0 Å². The number of aromatic nitrogens is 2. The van der Waals surface area contributed by atoms with Crippen LogP contribution < -0.4 is 15.4 Å². The third-order valence-electron chi connectivity index (χ3n) is 3.33. The van der Waals surface area contributed by atoms with Crippen LogP contribution in [0.4, 0.5) is 11.4 Å². The fourth-order valence-corrected chi connectivity index (χ4v) is 2.61. The van der Waals surface area contributed by atoms with E-state index in [0.717, 1.165) is 23.6 Å². The maximum Gasteiger partial charge on any atom is 0.175 e. The van der Waals surface area contributed by atoms with Crippen molar-refractivity contribution in [3.63, 3.8) is 0 Å². The highest BCUT2D eigenvalue weighted by molar-refractivity contribution is 7.80. The summed E-state index contributed by atoms with van der Waals surface area (Å²) in [6.07, 6.45) is 0. The standard InChI is InChI=1S/C15H19ClN4OS/c1-5-20-10(3)14(9(2)19-20)18-15(22)17-12-8-11(16)6-7-13(12)21-4/h6-8H,5H2,1-4H3,(H2,17,18,22). The van der Waals surface area contributed by atoms with Crippen LogP contribution in [0.3, 0.4) is 0 Å². The summed E-state index contributed by atoms with van der Waals surface area (Å²) in [4.78, 5) is 0. The van der Waals surface area contributed by atoms with Gasteiger partial charge in [-0.2, -0.15) is 5.10 Å². The molecule has 5 nitrogen and oxygen atoms in total. The van der Waals surface area contributed by atoms with Gasteiger partial charge in [0.15, 0.2) is 5.11 Å². The minimum Gasteiger partial charge on any atom is -0.495 e. The van der Waals surface area contributed by atoms with Crippen LogP contribution in [-0.2, 0) is 6.54 Å². The average molecular weight is 339 g/mol. The Morgan fingerprint density at radius 2 is 2.09 bits per heavy atom. The van der Waals surface area contributed by atoms with Crippen molar-refractivity contribution in [1.82, 2.24) is 9.78 Å². The van der Waals surface area contributed by atoms with E-state index in [-0.39, 0.29) is 0 Å². The van der Waals surface area contributed by atoms with E-state index in [2.05, 4.69) is 22.7 Å². The highest BCUT2D eigenvalue weighted by atomic mass is 35.5. The van der Waals surface area contributed by atoms with Crippen LogP contribution in [0, 0.1) is 13.8 Å². The summed E-state index contributed by atoms with van der Waals surface area (Å²) in [7, 11) is 1.60. The zero-order valence-corrected chi connectivity index (χ0v) is 14.6. The lowest BCUT2D eigenvalue weighted by molar-refractivity contribution is 0.417. The minimum atomic E-state index is 0.461. The summed E-state index contributed by atoms with van der Waals surface area (Å²) in [5.74, 6) is 0.672. The summed E-state index contributed by atoms with van der Waals surface area (Å²) in [6.45, 7) is 6.83.